The minimum absolute atomic E-state index is 0.0620. The van der Waals surface area contributed by atoms with E-state index in [1.165, 1.54) is 11.8 Å². The van der Waals surface area contributed by atoms with E-state index >= 15 is 0 Å². The van der Waals surface area contributed by atoms with E-state index in [4.69, 9.17) is 10.9 Å². The first-order valence-electron chi connectivity index (χ1n) is 5.22. The van der Waals surface area contributed by atoms with Gasteiger partial charge in [-0.05, 0) is 18.6 Å². The van der Waals surface area contributed by atoms with Crippen molar-refractivity contribution < 1.29 is 5.21 Å². The van der Waals surface area contributed by atoms with E-state index in [9.17, 15) is 0 Å². The van der Waals surface area contributed by atoms with Gasteiger partial charge in [-0.1, -0.05) is 16.9 Å². The molecule has 2 aromatic rings. The molecule has 0 aliphatic heterocycles. The molecule has 0 amide bonds. The summed E-state index contributed by atoms with van der Waals surface area (Å²) in [6.45, 7) is 1.89. The molecule has 0 saturated heterocycles. The average molecular weight is 263 g/mol. The summed E-state index contributed by atoms with van der Waals surface area (Å²) in [6.07, 6.45) is 5.32. The van der Waals surface area contributed by atoms with Crippen molar-refractivity contribution in [2.45, 2.75) is 16.8 Å². The first kappa shape index (κ1) is 12.4. The van der Waals surface area contributed by atoms with Gasteiger partial charge in [0.15, 0.2) is 5.84 Å². The zero-order valence-corrected chi connectivity index (χ0v) is 10.8. The van der Waals surface area contributed by atoms with Gasteiger partial charge < -0.3 is 10.9 Å². The van der Waals surface area contributed by atoms with E-state index in [1.807, 2.05) is 26.2 Å². The van der Waals surface area contributed by atoms with Crippen molar-refractivity contribution in [1.82, 2.24) is 14.8 Å². The Morgan fingerprint density at radius 3 is 2.94 bits per heavy atom. The second kappa shape index (κ2) is 5.09. The molecule has 0 saturated carbocycles. The summed E-state index contributed by atoms with van der Waals surface area (Å²) in [5, 5.41) is 16.6. The van der Waals surface area contributed by atoms with Crippen molar-refractivity contribution in [3.63, 3.8) is 0 Å². The first-order valence-corrected chi connectivity index (χ1v) is 6.03. The van der Waals surface area contributed by atoms with Crippen LogP contribution < -0.4 is 5.73 Å². The predicted octanol–water partition coefficient (Wildman–Crippen LogP) is 1.37. The van der Waals surface area contributed by atoms with E-state index in [0.29, 0.717) is 10.6 Å². The summed E-state index contributed by atoms with van der Waals surface area (Å²) >= 11 is 1.43. The van der Waals surface area contributed by atoms with Gasteiger partial charge in [0.1, 0.15) is 5.03 Å². The summed E-state index contributed by atoms with van der Waals surface area (Å²) in [5.41, 5.74) is 7.24. The highest BCUT2D eigenvalue weighted by Gasteiger charge is 2.13. The summed E-state index contributed by atoms with van der Waals surface area (Å²) in [6, 6.07) is 1.82. The number of nitrogens with zero attached hydrogens (tertiary/aromatic N) is 4. The Hall–Kier alpha value is -2.02. The van der Waals surface area contributed by atoms with Crippen LogP contribution in [0.25, 0.3) is 0 Å². The monoisotopic (exact) mass is 263 g/mol. The molecule has 0 fully saturated rings. The number of hydrogen-bond acceptors (Lipinski definition) is 5. The van der Waals surface area contributed by atoms with Gasteiger partial charge in [-0.3, -0.25) is 4.68 Å². The molecule has 94 valence electrons. The van der Waals surface area contributed by atoms with Crippen LogP contribution in [-0.4, -0.2) is 25.8 Å². The molecule has 18 heavy (non-hydrogen) atoms. The lowest BCUT2D eigenvalue weighted by atomic mass is 10.1. The minimum atomic E-state index is 0.0620. The minimum Gasteiger partial charge on any atom is -0.409 e. The molecule has 0 bridgehead atoms. The highest BCUT2D eigenvalue weighted by molar-refractivity contribution is 7.99. The highest BCUT2D eigenvalue weighted by Crippen LogP contribution is 2.29. The van der Waals surface area contributed by atoms with Crippen molar-refractivity contribution >= 4 is 17.6 Å². The number of oxime groups is 1. The van der Waals surface area contributed by atoms with Gasteiger partial charge in [-0.2, -0.15) is 5.10 Å². The molecule has 0 aliphatic carbocycles. The molecule has 6 nitrogen and oxygen atoms in total. The fourth-order valence-electron chi connectivity index (χ4n) is 1.54. The van der Waals surface area contributed by atoms with Gasteiger partial charge in [0.05, 0.1) is 16.7 Å². The zero-order chi connectivity index (χ0) is 13.1. The van der Waals surface area contributed by atoms with Gasteiger partial charge in [-0.15, -0.1) is 0 Å². The van der Waals surface area contributed by atoms with Crippen LogP contribution in [0.1, 0.15) is 11.1 Å². The van der Waals surface area contributed by atoms with Crippen molar-refractivity contribution in [2.75, 3.05) is 0 Å². The van der Waals surface area contributed by atoms with Gasteiger partial charge in [-0.25, -0.2) is 4.98 Å². The van der Waals surface area contributed by atoms with E-state index in [-0.39, 0.29) is 5.84 Å². The third-order valence-electron chi connectivity index (χ3n) is 2.38. The van der Waals surface area contributed by atoms with Gasteiger partial charge in [0.25, 0.3) is 0 Å². The number of rotatable bonds is 3. The molecule has 0 radical (unpaired) electrons. The Labute approximate surface area is 109 Å². The first-order chi connectivity index (χ1) is 8.61. The van der Waals surface area contributed by atoms with E-state index in [2.05, 4.69) is 15.2 Å². The molecule has 0 atom stereocenters. The summed E-state index contributed by atoms with van der Waals surface area (Å²) in [5.74, 6) is 0.0620. The molecule has 2 aromatic heterocycles. The van der Waals surface area contributed by atoms with Gasteiger partial charge >= 0.3 is 0 Å². The van der Waals surface area contributed by atoms with Crippen LogP contribution in [-0.2, 0) is 7.05 Å². The number of aromatic nitrogens is 3. The Morgan fingerprint density at radius 1 is 1.56 bits per heavy atom. The maximum absolute atomic E-state index is 8.82. The molecule has 0 aromatic carbocycles. The van der Waals surface area contributed by atoms with Crippen LogP contribution >= 0.6 is 11.8 Å². The fourth-order valence-corrected chi connectivity index (χ4v) is 2.54. The predicted molar refractivity (Wildman–Crippen MR) is 68.8 cm³/mol. The molecule has 0 aliphatic rings. The lowest BCUT2D eigenvalue weighted by Crippen LogP contribution is -2.16. The number of hydrogen-bond donors (Lipinski definition) is 2. The molecule has 3 N–H and O–H groups in total. The Bertz CT molecular complexity index is 593. The van der Waals surface area contributed by atoms with Crippen LogP contribution in [0, 0.1) is 6.92 Å². The smallest absolute Gasteiger partial charge is 0.173 e. The summed E-state index contributed by atoms with van der Waals surface area (Å²) in [4.78, 5) is 5.21. The second-order valence-electron chi connectivity index (χ2n) is 3.75. The summed E-state index contributed by atoms with van der Waals surface area (Å²) in [7, 11) is 1.85. The molecule has 7 heteroatoms. The number of pyridine rings is 1. The molecular formula is C11H13N5OS. The summed E-state index contributed by atoms with van der Waals surface area (Å²) < 4.78 is 1.71. The maximum Gasteiger partial charge on any atom is 0.173 e. The lowest BCUT2D eigenvalue weighted by Gasteiger charge is -2.08. The Morgan fingerprint density at radius 2 is 2.33 bits per heavy atom. The van der Waals surface area contributed by atoms with Crippen molar-refractivity contribution in [3.05, 3.63) is 35.8 Å². The molecule has 0 unspecified atom stereocenters. The fraction of sp³-hybridized carbons (Fsp3) is 0.182. The third kappa shape index (κ3) is 2.45. The molecule has 0 spiro atoms. The zero-order valence-electron chi connectivity index (χ0n) is 10.0. The topological polar surface area (TPSA) is 89.3 Å². The van der Waals surface area contributed by atoms with Crippen molar-refractivity contribution in [3.8, 4) is 0 Å². The number of aryl methyl sites for hydroxylation is 2. The van der Waals surface area contributed by atoms with Crippen LogP contribution in [0.15, 0.2) is 39.7 Å². The second-order valence-corrected chi connectivity index (χ2v) is 4.81. The average Bonchev–Trinajstić information content (AvgIpc) is 2.74. The van der Waals surface area contributed by atoms with Crippen LogP contribution in [0.5, 0.6) is 0 Å². The standard InChI is InChI=1S/C11H13N5OS/c1-7-3-4-13-11(9(7)10(12)15-17)18-8-5-14-16(2)6-8/h3-6,17H,1-2H3,(H2,12,15). The third-order valence-corrected chi connectivity index (χ3v) is 3.33. The maximum atomic E-state index is 8.82. The largest absolute Gasteiger partial charge is 0.409 e. The Kier molecular flexibility index (Phi) is 3.52. The molecule has 2 rings (SSSR count). The molecular weight excluding hydrogens is 250 g/mol. The van der Waals surface area contributed by atoms with Gasteiger partial charge in [0, 0.05) is 19.4 Å². The van der Waals surface area contributed by atoms with Crippen molar-refractivity contribution in [2.24, 2.45) is 17.9 Å². The lowest BCUT2D eigenvalue weighted by molar-refractivity contribution is 0.318. The number of nitrogens with two attached hydrogens (primary N) is 1. The van der Waals surface area contributed by atoms with Gasteiger partial charge in [0.2, 0.25) is 0 Å². The quantitative estimate of drug-likeness (QED) is 0.378. The SMILES string of the molecule is Cc1ccnc(Sc2cnn(C)c2)c1/C(N)=N/O. The Balaban J connectivity index is 2.41. The molecule has 2 heterocycles. The highest BCUT2D eigenvalue weighted by atomic mass is 32.2. The number of amidine groups is 1. The van der Waals surface area contributed by atoms with E-state index in [1.54, 1.807) is 17.1 Å². The van der Waals surface area contributed by atoms with Crippen LogP contribution in [0.2, 0.25) is 0 Å². The van der Waals surface area contributed by atoms with Crippen LogP contribution in [0.3, 0.4) is 0 Å². The van der Waals surface area contributed by atoms with Crippen LogP contribution in [0.4, 0.5) is 0 Å². The van der Waals surface area contributed by atoms with Crippen molar-refractivity contribution in [1.29, 1.82) is 0 Å². The van der Waals surface area contributed by atoms with E-state index in [0.717, 1.165) is 10.5 Å². The van der Waals surface area contributed by atoms with E-state index < -0.39 is 0 Å². The normalized spacial score (nSPS) is 11.8.